The van der Waals surface area contributed by atoms with Crippen LogP contribution in [-0.2, 0) is 14.3 Å². The first kappa shape index (κ1) is 26.8. The number of aryl methyl sites for hydroxylation is 1. The Morgan fingerprint density at radius 3 is 1.26 bits per heavy atom. The SMILES string of the molecule is Cc1ccc(S(=O)(=O)O)cc1.Clc1ccccc1C([AsH2])(c1ccccc1Cl)c1ccccc1Cl. The average Bonchev–Trinajstić information content (AvgIpc) is 2.80. The van der Waals surface area contributed by atoms with Gasteiger partial charge < -0.3 is 0 Å². The predicted octanol–water partition coefficient (Wildman–Crippen LogP) is 6.81. The molecule has 0 saturated heterocycles. The molecular weight excluding hydrogens is 574 g/mol. The second-order valence-electron chi connectivity index (χ2n) is 7.54. The van der Waals surface area contributed by atoms with E-state index in [1.165, 1.54) is 29.0 Å². The van der Waals surface area contributed by atoms with Crippen molar-refractivity contribution in [1.29, 1.82) is 0 Å². The van der Waals surface area contributed by atoms with Crippen LogP contribution in [-0.4, -0.2) is 29.8 Å². The van der Waals surface area contributed by atoms with E-state index in [9.17, 15) is 8.42 Å². The Morgan fingerprint density at radius 2 is 0.971 bits per heavy atom. The van der Waals surface area contributed by atoms with Gasteiger partial charge in [0, 0.05) is 0 Å². The van der Waals surface area contributed by atoms with Crippen molar-refractivity contribution in [3.63, 3.8) is 0 Å². The van der Waals surface area contributed by atoms with Gasteiger partial charge in [-0.05, 0) is 19.1 Å². The van der Waals surface area contributed by atoms with E-state index in [0.29, 0.717) is 15.1 Å². The summed E-state index contributed by atoms with van der Waals surface area (Å²) in [5.74, 6) is 0. The van der Waals surface area contributed by atoms with Crippen LogP contribution >= 0.6 is 34.8 Å². The number of hydrogen-bond donors (Lipinski definition) is 1. The Kier molecular flexibility index (Phi) is 8.92. The quantitative estimate of drug-likeness (QED) is 0.160. The topological polar surface area (TPSA) is 54.4 Å². The van der Waals surface area contributed by atoms with Gasteiger partial charge in [-0.25, -0.2) is 0 Å². The first-order valence-electron chi connectivity index (χ1n) is 10.1. The minimum atomic E-state index is -4.02. The van der Waals surface area contributed by atoms with E-state index in [4.69, 9.17) is 39.4 Å². The molecule has 0 heterocycles. The molecule has 4 rings (SSSR count). The molecule has 1 atom stereocenters. The van der Waals surface area contributed by atoms with E-state index < -0.39 is 14.3 Å². The van der Waals surface area contributed by atoms with Crippen LogP contribution in [0.2, 0.25) is 15.1 Å². The van der Waals surface area contributed by atoms with Crippen molar-refractivity contribution in [2.45, 2.75) is 16.0 Å². The predicted molar refractivity (Wildman–Crippen MR) is 144 cm³/mol. The van der Waals surface area contributed by atoms with Gasteiger partial charge in [-0.3, -0.25) is 4.55 Å². The monoisotopic (exact) mass is 594 g/mol. The molecule has 0 aliphatic heterocycles. The molecular formula is C26H22AsCl3O3S. The molecule has 3 nitrogen and oxygen atoms in total. The van der Waals surface area contributed by atoms with Crippen LogP contribution in [0.3, 0.4) is 0 Å². The molecule has 0 bridgehead atoms. The molecule has 0 spiro atoms. The second-order valence-corrected chi connectivity index (χ2v) is 12.0. The molecule has 0 radical (unpaired) electrons. The maximum absolute atomic E-state index is 10.5. The fourth-order valence-corrected chi connectivity index (χ4v) is 6.98. The summed E-state index contributed by atoms with van der Waals surface area (Å²) in [5, 5.41) is 2.12. The van der Waals surface area contributed by atoms with Crippen LogP contribution in [0.5, 0.6) is 0 Å². The zero-order valence-corrected chi connectivity index (χ0v) is 23.6. The summed E-state index contributed by atoms with van der Waals surface area (Å²) >= 11 is 21.1. The van der Waals surface area contributed by atoms with E-state index in [1.807, 2.05) is 79.7 Å². The summed E-state index contributed by atoms with van der Waals surface area (Å²) in [7, 11) is -4.02. The Balaban J connectivity index is 0.000000248. The molecule has 1 unspecified atom stereocenters. The van der Waals surface area contributed by atoms with Gasteiger partial charge in [0.2, 0.25) is 0 Å². The van der Waals surface area contributed by atoms with Crippen molar-refractivity contribution < 1.29 is 13.0 Å². The van der Waals surface area contributed by atoms with Gasteiger partial charge in [-0.15, -0.1) is 0 Å². The molecule has 176 valence electrons. The van der Waals surface area contributed by atoms with Crippen LogP contribution in [0.25, 0.3) is 0 Å². The molecule has 0 aromatic heterocycles. The number of rotatable bonds is 4. The summed E-state index contributed by atoms with van der Waals surface area (Å²) in [4.78, 5) is -0.0666. The average molecular weight is 596 g/mol. The second kappa shape index (κ2) is 11.3. The van der Waals surface area contributed by atoms with Crippen LogP contribution in [0.1, 0.15) is 22.3 Å². The Bertz CT molecular complexity index is 1280. The normalized spacial score (nSPS) is 11.5. The molecule has 1 N–H and O–H groups in total. The molecule has 0 amide bonds. The minimum absolute atomic E-state index is 0.0666. The third-order valence-electron chi connectivity index (χ3n) is 5.21. The Morgan fingerprint density at radius 1 is 0.647 bits per heavy atom. The standard InChI is InChI=1S/C19H14AsCl3.C7H8O3S/c20-19(13-7-1-4-10-16(13)21,14-8-2-5-11-17(14)22)15-9-3-6-12-18(15)23;1-6-2-4-7(5-3-6)11(8,9)10/h1-12H,20H2;2-5H,1H3,(H,8,9,10). The van der Waals surface area contributed by atoms with Crippen molar-refractivity contribution in [2.24, 2.45) is 0 Å². The van der Waals surface area contributed by atoms with Crippen molar-refractivity contribution in [1.82, 2.24) is 0 Å². The van der Waals surface area contributed by atoms with Crippen LogP contribution < -0.4 is 0 Å². The number of benzene rings is 4. The maximum atomic E-state index is 10.5. The van der Waals surface area contributed by atoms with Crippen LogP contribution in [0.15, 0.2) is 102 Å². The van der Waals surface area contributed by atoms with Gasteiger partial charge in [0.05, 0.1) is 4.90 Å². The van der Waals surface area contributed by atoms with Gasteiger partial charge in [-0.1, -0.05) is 17.7 Å². The van der Waals surface area contributed by atoms with Gasteiger partial charge in [0.1, 0.15) is 0 Å². The first-order chi connectivity index (χ1) is 16.0. The van der Waals surface area contributed by atoms with E-state index in [-0.39, 0.29) is 4.90 Å². The molecule has 0 aliphatic rings. The fourth-order valence-electron chi connectivity index (χ4n) is 3.49. The van der Waals surface area contributed by atoms with Gasteiger partial charge in [-0.2, -0.15) is 8.42 Å². The van der Waals surface area contributed by atoms with Crippen molar-refractivity contribution in [3.05, 3.63) is 134 Å². The van der Waals surface area contributed by atoms with Crippen molar-refractivity contribution in [3.8, 4) is 0 Å². The van der Waals surface area contributed by atoms with E-state index in [1.54, 1.807) is 12.1 Å². The van der Waals surface area contributed by atoms with Crippen molar-refractivity contribution in [2.75, 3.05) is 0 Å². The van der Waals surface area contributed by atoms with Crippen molar-refractivity contribution >= 4 is 61.8 Å². The van der Waals surface area contributed by atoms with Crippen LogP contribution in [0, 0.1) is 6.92 Å². The number of hydrogen-bond acceptors (Lipinski definition) is 2. The van der Waals surface area contributed by atoms with Gasteiger partial charge in [0.15, 0.2) is 0 Å². The molecule has 8 heteroatoms. The summed E-state index contributed by atoms with van der Waals surface area (Å²) in [5.41, 5.74) is 3.96. The zero-order valence-electron chi connectivity index (χ0n) is 18.1. The third-order valence-corrected chi connectivity index (χ3v) is 9.03. The Labute approximate surface area is 223 Å². The summed E-state index contributed by atoms with van der Waals surface area (Å²) in [6.07, 6.45) is 0. The van der Waals surface area contributed by atoms with E-state index in [0.717, 1.165) is 22.3 Å². The van der Waals surface area contributed by atoms with Crippen LogP contribution in [0.4, 0.5) is 0 Å². The van der Waals surface area contributed by atoms with Gasteiger partial charge in [0.25, 0.3) is 10.1 Å². The molecule has 4 aromatic carbocycles. The molecule has 34 heavy (non-hydrogen) atoms. The fraction of sp³-hybridized carbons (Fsp3) is 0.0769. The molecule has 0 saturated carbocycles. The first-order valence-corrected chi connectivity index (χ1v) is 13.9. The number of halogens is 3. The Hall–Kier alpha value is -1.78. The van der Waals surface area contributed by atoms with Gasteiger partial charge >= 0.3 is 160 Å². The third kappa shape index (κ3) is 6.07. The summed E-state index contributed by atoms with van der Waals surface area (Å²) in [6.45, 7) is 1.84. The van der Waals surface area contributed by atoms with E-state index >= 15 is 0 Å². The molecule has 4 aromatic rings. The van der Waals surface area contributed by atoms with E-state index in [2.05, 4.69) is 0 Å². The summed E-state index contributed by atoms with van der Waals surface area (Å²) < 4.78 is 29.1. The summed E-state index contributed by atoms with van der Waals surface area (Å²) in [6, 6.07) is 29.6. The molecule has 0 fully saturated rings. The molecule has 0 aliphatic carbocycles. The zero-order chi connectivity index (χ0) is 24.9.